The number of carbonyl (C=O) groups is 2. The van der Waals surface area contributed by atoms with Crippen molar-refractivity contribution in [1.29, 1.82) is 0 Å². The fourth-order valence-electron chi connectivity index (χ4n) is 2.76. The molecule has 1 fully saturated rings. The molecule has 1 aromatic rings. The summed E-state index contributed by atoms with van der Waals surface area (Å²) in [5.74, 6) is 1.42. The third-order valence-corrected chi connectivity index (χ3v) is 4.08. The fourth-order valence-corrected chi connectivity index (χ4v) is 2.76. The summed E-state index contributed by atoms with van der Waals surface area (Å²) in [6.07, 6.45) is 3.73. The smallest absolute Gasteiger partial charge is 0.220 e. The molecule has 1 saturated carbocycles. The maximum absolute atomic E-state index is 12.0. The summed E-state index contributed by atoms with van der Waals surface area (Å²) >= 11 is 0. The van der Waals surface area contributed by atoms with Crippen LogP contribution in [0.25, 0.3) is 0 Å². The molecule has 1 unspecified atom stereocenters. The molecule has 0 saturated heterocycles. The van der Waals surface area contributed by atoms with E-state index in [0.717, 1.165) is 24.8 Å². The number of Topliss-reactive ketones (excluding diaryl/α,β-unsaturated/α-hetero) is 1. The molecular formula is C17H23NO4. The van der Waals surface area contributed by atoms with Crippen molar-refractivity contribution in [2.45, 2.75) is 38.6 Å². The number of benzene rings is 1. The van der Waals surface area contributed by atoms with E-state index in [9.17, 15) is 9.59 Å². The van der Waals surface area contributed by atoms with E-state index in [4.69, 9.17) is 9.47 Å². The number of ketones is 1. The van der Waals surface area contributed by atoms with Crippen molar-refractivity contribution in [3.05, 3.63) is 23.8 Å². The van der Waals surface area contributed by atoms with E-state index in [1.807, 2.05) is 12.1 Å². The molecule has 1 aliphatic carbocycles. The largest absolute Gasteiger partial charge is 0.497 e. The Labute approximate surface area is 131 Å². The van der Waals surface area contributed by atoms with Gasteiger partial charge in [-0.3, -0.25) is 9.59 Å². The minimum atomic E-state index is -0.105. The third kappa shape index (κ3) is 4.23. The topological polar surface area (TPSA) is 64.6 Å². The van der Waals surface area contributed by atoms with Crippen molar-refractivity contribution in [2.24, 2.45) is 5.92 Å². The molecule has 2 rings (SSSR count). The summed E-state index contributed by atoms with van der Waals surface area (Å²) in [4.78, 5) is 23.8. The summed E-state index contributed by atoms with van der Waals surface area (Å²) in [5, 5.41) is 2.87. The van der Waals surface area contributed by atoms with E-state index >= 15 is 0 Å². The van der Waals surface area contributed by atoms with Gasteiger partial charge in [0.05, 0.1) is 14.2 Å². The van der Waals surface area contributed by atoms with E-state index < -0.39 is 0 Å². The van der Waals surface area contributed by atoms with Crippen LogP contribution < -0.4 is 14.8 Å². The number of hydrogen-bond acceptors (Lipinski definition) is 4. The summed E-state index contributed by atoms with van der Waals surface area (Å²) < 4.78 is 10.4. The Morgan fingerprint density at radius 1 is 1.27 bits per heavy atom. The minimum absolute atomic E-state index is 0.0851. The van der Waals surface area contributed by atoms with Crippen molar-refractivity contribution in [3.8, 4) is 11.5 Å². The van der Waals surface area contributed by atoms with Gasteiger partial charge >= 0.3 is 0 Å². The van der Waals surface area contributed by atoms with Crippen molar-refractivity contribution >= 4 is 11.7 Å². The van der Waals surface area contributed by atoms with Crippen LogP contribution in [0.5, 0.6) is 11.5 Å². The normalized spacial score (nSPS) is 17.9. The fraction of sp³-hybridized carbons (Fsp3) is 0.529. The van der Waals surface area contributed by atoms with E-state index in [1.54, 1.807) is 20.3 Å². The van der Waals surface area contributed by atoms with Crippen molar-refractivity contribution < 1.29 is 19.1 Å². The molecule has 0 bridgehead atoms. The molecule has 1 amide bonds. The van der Waals surface area contributed by atoms with Gasteiger partial charge in [0.25, 0.3) is 0 Å². The summed E-state index contributed by atoms with van der Waals surface area (Å²) in [5.41, 5.74) is 0.881. The molecule has 5 nitrogen and oxygen atoms in total. The standard InChI is InChI=1S/C17H23NO4/c1-21-14-8-7-13(16(10-14)22-2)11-18-17(20)9-12-5-3-4-6-15(12)19/h7-8,10,12H,3-6,9,11H2,1-2H3,(H,18,20). The first-order valence-electron chi connectivity index (χ1n) is 7.64. The zero-order chi connectivity index (χ0) is 15.9. The second kappa shape index (κ2) is 7.82. The van der Waals surface area contributed by atoms with Gasteiger partial charge < -0.3 is 14.8 Å². The number of methoxy groups -OCH3 is 2. The van der Waals surface area contributed by atoms with E-state index in [1.165, 1.54) is 0 Å². The Balaban J connectivity index is 1.89. The molecule has 5 heteroatoms. The number of nitrogens with one attached hydrogen (secondary N) is 1. The lowest BCUT2D eigenvalue weighted by Gasteiger charge is -2.20. The Kier molecular flexibility index (Phi) is 5.81. The molecular weight excluding hydrogens is 282 g/mol. The Hall–Kier alpha value is -2.04. The lowest BCUT2D eigenvalue weighted by atomic mass is 9.85. The highest BCUT2D eigenvalue weighted by Gasteiger charge is 2.24. The molecule has 22 heavy (non-hydrogen) atoms. The second-order valence-electron chi connectivity index (χ2n) is 5.57. The highest BCUT2D eigenvalue weighted by molar-refractivity contribution is 5.87. The second-order valence-corrected chi connectivity index (χ2v) is 5.57. The predicted molar refractivity (Wildman–Crippen MR) is 83.0 cm³/mol. The van der Waals surface area contributed by atoms with Crippen LogP contribution in [-0.4, -0.2) is 25.9 Å². The van der Waals surface area contributed by atoms with Crippen molar-refractivity contribution in [2.75, 3.05) is 14.2 Å². The maximum Gasteiger partial charge on any atom is 0.220 e. The van der Waals surface area contributed by atoms with Crippen LogP contribution in [-0.2, 0) is 16.1 Å². The molecule has 0 radical (unpaired) electrons. The van der Waals surface area contributed by atoms with Crippen LogP contribution in [0.2, 0.25) is 0 Å². The molecule has 0 aromatic heterocycles. The van der Waals surface area contributed by atoms with Gasteiger partial charge in [-0.15, -0.1) is 0 Å². The number of hydrogen-bond donors (Lipinski definition) is 1. The Bertz CT molecular complexity index is 541. The number of amides is 1. The summed E-state index contributed by atoms with van der Waals surface area (Å²) in [6, 6.07) is 5.48. The van der Waals surface area contributed by atoms with E-state index in [2.05, 4.69) is 5.32 Å². The number of rotatable bonds is 6. The van der Waals surface area contributed by atoms with Gasteiger partial charge in [-0.05, 0) is 25.0 Å². The Morgan fingerprint density at radius 3 is 2.77 bits per heavy atom. The highest BCUT2D eigenvalue weighted by Crippen LogP contribution is 2.25. The van der Waals surface area contributed by atoms with Gasteiger partial charge in [0, 0.05) is 36.9 Å². The van der Waals surface area contributed by atoms with Crippen LogP contribution >= 0.6 is 0 Å². The monoisotopic (exact) mass is 305 g/mol. The van der Waals surface area contributed by atoms with Gasteiger partial charge in [0.1, 0.15) is 17.3 Å². The quantitative estimate of drug-likeness (QED) is 0.877. The first-order valence-corrected chi connectivity index (χ1v) is 7.64. The zero-order valence-corrected chi connectivity index (χ0v) is 13.2. The maximum atomic E-state index is 12.0. The number of carbonyl (C=O) groups excluding carboxylic acids is 2. The van der Waals surface area contributed by atoms with Crippen molar-refractivity contribution in [3.63, 3.8) is 0 Å². The van der Waals surface area contributed by atoms with E-state index in [-0.39, 0.29) is 24.0 Å². The van der Waals surface area contributed by atoms with Crippen LogP contribution in [0.4, 0.5) is 0 Å². The van der Waals surface area contributed by atoms with Crippen molar-refractivity contribution in [1.82, 2.24) is 5.32 Å². The first kappa shape index (κ1) is 16.3. The lowest BCUT2D eigenvalue weighted by molar-refractivity contribution is -0.130. The van der Waals surface area contributed by atoms with Crippen LogP contribution in [0.15, 0.2) is 18.2 Å². The van der Waals surface area contributed by atoms with Crippen LogP contribution in [0, 0.1) is 5.92 Å². The van der Waals surface area contributed by atoms with Gasteiger partial charge in [-0.25, -0.2) is 0 Å². The van der Waals surface area contributed by atoms with Gasteiger partial charge in [0.15, 0.2) is 0 Å². The molecule has 120 valence electrons. The van der Waals surface area contributed by atoms with Gasteiger partial charge in [-0.1, -0.05) is 6.42 Å². The SMILES string of the molecule is COc1ccc(CNC(=O)CC2CCCCC2=O)c(OC)c1. The molecule has 0 spiro atoms. The van der Waals surface area contributed by atoms with Crippen LogP contribution in [0.3, 0.4) is 0 Å². The molecule has 1 aliphatic rings. The van der Waals surface area contributed by atoms with Gasteiger partial charge in [-0.2, -0.15) is 0 Å². The lowest BCUT2D eigenvalue weighted by Crippen LogP contribution is -2.29. The zero-order valence-electron chi connectivity index (χ0n) is 13.2. The molecule has 1 N–H and O–H groups in total. The average molecular weight is 305 g/mol. The molecule has 1 aromatic carbocycles. The third-order valence-electron chi connectivity index (χ3n) is 4.08. The first-order chi connectivity index (χ1) is 10.6. The molecule has 0 aliphatic heterocycles. The van der Waals surface area contributed by atoms with Gasteiger partial charge in [0.2, 0.25) is 5.91 Å². The van der Waals surface area contributed by atoms with Crippen LogP contribution in [0.1, 0.15) is 37.7 Å². The summed E-state index contributed by atoms with van der Waals surface area (Å²) in [7, 11) is 3.18. The molecule has 1 atom stereocenters. The van der Waals surface area contributed by atoms with E-state index in [0.29, 0.717) is 24.5 Å². The predicted octanol–water partition coefficient (Wildman–Crippen LogP) is 2.47. The Morgan fingerprint density at radius 2 is 2.09 bits per heavy atom. The average Bonchev–Trinajstić information content (AvgIpc) is 2.55. The summed E-state index contributed by atoms with van der Waals surface area (Å²) in [6.45, 7) is 0.382. The molecule has 0 heterocycles. The highest BCUT2D eigenvalue weighted by atomic mass is 16.5. The number of ether oxygens (including phenoxy) is 2. The minimum Gasteiger partial charge on any atom is -0.497 e.